The molecule has 0 radical (unpaired) electrons. The van der Waals surface area contributed by atoms with E-state index in [9.17, 15) is 17.6 Å². The van der Waals surface area contributed by atoms with E-state index < -0.39 is 16.0 Å². The van der Waals surface area contributed by atoms with Gasteiger partial charge in [-0.15, -0.1) is 11.3 Å². The molecule has 0 amide bonds. The zero-order chi connectivity index (χ0) is 21.9. The largest absolute Gasteiger partial charge is 0.465 e. The molecule has 9 heteroatoms. The summed E-state index contributed by atoms with van der Waals surface area (Å²) < 4.78 is 45.9. The monoisotopic (exact) mass is 448 g/mol. The second-order valence-electron chi connectivity index (χ2n) is 6.56. The fraction of sp³-hybridized carbons (Fsp3) is 0.238. The van der Waals surface area contributed by atoms with Gasteiger partial charge in [0.25, 0.3) is 10.0 Å². The lowest BCUT2D eigenvalue weighted by Gasteiger charge is -2.22. The molecule has 0 unspecified atom stereocenters. The van der Waals surface area contributed by atoms with Crippen LogP contribution in [0.1, 0.15) is 29.3 Å². The van der Waals surface area contributed by atoms with Crippen molar-refractivity contribution in [3.05, 3.63) is 64.8 Å². The highest BCUT2D eigenvalue weighted by Crippen LogP contribution is 2.31. The van der Waals surface area contributed by atoms with E-state index in [0.29, 0.717) is 22.6 Å². The first-order valence-electron chi connectivity index (χ1n) is 9.21. The van der Waals surface area contributed by atoms with Crippen LogP contribution >= 0.6 is 11.3 Å². The van der Waals surface area contributed by atoms with Gasteiger partial charge in [-0.1, -0.05) is 13.0 Å². The molecular formula is C21H21FN2O4S2. The molecule has 0 bridgehead atoms. The molecule has 1 aromatic heterocycles. The van der Waals surface area contributed by atoms with Gasteiger partial charge in [0, 0.05) is 17.5 Å². The van der Waals surface area contributed by atoms with E-state index in [-0.39, 0.29) is 28.6 Å². The average molecular weight is 449 g/mol. The number of rotatable bonds is 7. The smallest absolute Gasteiger partial charge is 0.338 e. The first-order valence-corrected chi connectivity index (χ1v) is 11.5. The molecule has 0 N–H and O–H groups in total. The number of carbonyl (C=O) groups is 1. The maximum atomic E-state index is 13.4. The Balaban J connectivity index is 2.02. The van der Waals surface area contributed by atoms with Crippen LogP contribution in [0, 0.1) is 12.7 Å². The van der Waals surface area contributed by atoms with Gasteiger partial charge < -0.3 is 4.74 Å². The second kappa shape index (κ2) is 8.93. The van der Waals surface area contributed by atoms with E-state index in [1.54, 1.807) is 30.5 Å². The average Bonchev–Trinajstić information content (AvgIpc) is 3.21. The molecule has 158 valence electrons. The van der Waals surface area contributed by atoms with E-state index in [0.717, 1.165) is 0 Å². The molecule has 0 atom stereocenters. The number of carbonyl (C=O) groups excluding carboxylic acids is 1. The molecule has 0 aliphatic heterocycles. The predicted octanol–water partition coefficient (Wildman–Crippen LogP) is 4.65. The fourth-order valence-electron chi connectivity index (χ4n) is 2.88. The van der Waals surface area contributed by atoms with E-state index in [1.807, 2.05) is 6.92 Å². The van der Waals surface area contributed by atoms with Crippen LogP contribution in [-0.4, -0.2) is 33.0 Å². The minimum atomic E-state index is -3.96. The molecule has 3 rings (SSSR count). The Bertz CT molecular complexity index is 1160. The minimum absolute atomic E-state index is 0.0155. The Morgan fingerprint density at radius 2 is 1.90 bits per heavy atom. The molecule has 0 spiro atoms. The van der Waals surface area contributed by atoms with Gasteiger partial charge in [0.05, 0.1) is 17.6 Å². The Morgan fingerprint density at radius 1 is 1.20 bits per heavy atom. The van der Waals surface area contributed by atoms with Crippen LogP contribution < -0.4 is 4.31 Å². The number of nitrogens with zero attached hydrogens (tertiary/aromatic N) is 2. The molecule has 1 heterocycles. The second-order valence-corrected chi connectivity index (χ2v) is 9.28. The lowest BCUT2D eigenvalue weighted by atomic mass is 10.1. The third kappa shape index (κ3) is 4.36. The fourth-order valence-corrected chi connectivity index (χ4v) is 5.29. The van der Waals surface area contributed by atoms with Gasteiger partial charge in [-0.25, -0.2) is 26.9 Å². The number of aryl methyl sites for hydroxylation is 1. The summed E-state index contributed by atoms with van der Waals surface area (Å²) in [6.45, 7) is 3.79. The number of methoxy groups -OCH3 is 1. The van der Waals surface area contributed by atoms with Crippen LogP contribution in [0.5, 0.6) is 0 Å². The molecule has 0 aliphatic rings. The molecular weight excluding hydrogens is 427 g/mol. The number of hydrogen-bond acceptors (Lipinski definition) is 6. The quantitative estimate of drug-likeness (QED) is 0.492. The summed E-state index contributed by atoms with van der Waals surface area (Å²) in [6.07, 6.45) is 0.568. The molecule has 0 aliphatic carbocycles. The summed E-state index contributed by atoms with van der Waals surface area (Å²) in [6, 6.07) is 10.2. The standard InChI is InChI=1S/C21H21FN2O4S2/c1-4-11-24(19-13-29-20(23-19)15-6-8-16(22)9-7-15)30(26,27)17-10-5-14(2)18(12-17)21(25)28-3/h5-10,12-13H,4,11H2,1-3H3. The molecule has 30 heavy (non-hydrogen) atoms. The van der Waals surface area contributed by atoms with Crippen LogP contribution in [0.15, 0.2) is 52.7 Å². The number of aromatic nitrogens is 1. The van der Waals surface area contributed by atoms with Gasteiger partial charge in [-0.05, 0) is 55.3 Å². The van der Waals surface area contributed by atoms with Crippen molar-refractivity contribution in [1.29, 1.82) is 0 Å². The van der Waals surface area contributed by atoms with E-state index in [2.05, 4.69) is 4.98 Å². The van der Waals surface area contributed by atoms with Crippen molar-refractivity contribution in [2.24, 2.45) is 0 Å². The maximum absolute atomic E-state index is 13.4. The number of halogens is 1. The van der Waals surface area contributed by atoms with Crippen LogP contribution in [0.25, 0.3) is 10.6 Å². The Morgan fingerprint density at radius 3 is 2.53 bits per heavy atom. The zero-order valence-electron chi connectivity index (χ0n) is 16.8. The van der Waals surface area contributed by atoms with Crippen LogP contribution in [0.2, 0.25) is 0 Å². The van der Waals surface area contributed by atoms with Crippen LogP contribution in [0.4, 0.5) is 10.2 Å². The summed E-state index contributed by atoms with van der Waals surface area (Å²) in [5.41, 5.74) is 1.51. The molecule has 3 aromatic rings. The van der Waals surface area contributed by atoms with Crippen molar-refractivity contribution in [2.45, 2.75) is 25.2 Å². The van der Waals surface area contributed by atoms with E-state index in [4.69, 9.17) is 4.74 Å². The lowest BCUT2D eigenvalue weighted by Crippen LogP contribution is -2.32. The molecule has 0 saturated heterocycles. The van der Waals surface area contributed by atoms with Gasteiger partial charge in [0.15, 0.2) is 5.82 Å². The van der Waals surface area contributed by atoms with Crippen molar-refractivity contribution in [3.8, 4) is 10.6 Å². The van der Waals surface area contributed by atoms with E-state index in [1.165, 1.54) is 47.0 Å². The van der Waals surface area contributed by atoms with Gasteiger partial charge >= 0.3 is 5.97 Å². The summed E-state index contributed by atoms with van der Waals surface area (Å²) in [7, 11) is -2.71. The number of esters is 1. The first-order chi connectivity index (χ1) is 14.3. The number of thiazole rings is 1. The summed E-state index contributed by atoms with van der Waals surface area (Å²) in [4.78, 5) is 16.4. The third-order valence-electron chi connectivity index (χ3n) is 4.47. The van der Waals surface area contributed by atoms with Crippen LogP contribution in [0.3, 0.4) is 0 Å². The number of ether oxygens (including phenoxy) is 1. The number of anilines is 1. The normalized spacial score (nSPS) is 11.3. The number of benzene rings is 2. The Kier molecular flexibility index (Phi) is 6.52. The maximum Gasteiger partial charge on any atom is 0.338 e. The van der Waals surface area contributed by atoms with Crippen LogP contribution in [-0.2, 0) is 14.8 Å². The van der Waals surface area contributed by atoms with Crippen molar-refractivity contribution in [1.82, 2.24) is 4.98 Å². The number of hydrogen-bond donors (Lipinski definition) is 0. The molecule has 2 aromatic carbocycles. The van der Waals surface area contributed by atoms with Gasteiger partial charge in [-0.2, -0.15) is 0 Å². The van der Waals surface area contributed by atoms with Crippen molar-refractivity contribution in [3.63, 3.8) is 0 Å². The third-order valence-corrected chi connectivity index (χ3v) is 7.15. The number of sulfonamides is 1. The zero-order valence-corrected chi connectivity index (χ0v) is 18.4. The molecule has 0 saturated carbocycles. The van der Waals surface area contributed by atoms with Gasteiger partial charge in [0.2, 0.25) is 0 Å². The Hall–Kier alpha value is -2.78. The van der Waals surface area contributed by atoms with Gasteiger partial charge in [0.1, 0.15) is 10.8 Å². The minimum Gasteiger partial charge on any atom is -0.465 e. The first kappa shape index (κ1) is 21.9. The highest BCUT2D eigenvalue weighted by Gasteiger charge is 2.28. The molecule has 0 fully saturated rings. The summed E-state index contributed by atoms with van der Waals surface area (Å²) in [5, 5.41) is 2.24. The highest BCUT2D eigenvalue weighted by atomic mass is 32.2. The van der Waals surface area contributed by atoms with Crippen molar-refractivity contribution < 1.29 is 22.3 Å². The SMILES string of the molecule is CCCN(c1csc(-c2ccc(F)cc2)n1)S(=O)(=O)c1ccc(C)c(C(=O)OC)c1. The molecule has 6 nitrogen and oxygen atoms in total. The summed E-state index contributed by atoms with van der Waals surface area (Å²) >= 11 is 1.27. The van der Waals surface area contributed by atoms with E-state index >= 15 is 0 Å². The summed E-state index contributed by atoms with van der Waals surface area (Å²) in [5.74, 6) is -0.674. The topological polar surface area (TPSA) is 76.6 Å². The lowest BCUT2D eigenvalue weighted by molar-refractivity contribution is 0.0599. The van der Waals surface area contributed by atoms with Gasteiger partial charge in [-0.3, -0.25) is 0 Å². The highest BCUT2D eigenvalue weighted by molar-refractivity contribution is 7.92. The Labute approximate surface area is 179 Å². The van der Waals surface area contributed by atoms with Crippen molar-refractivity contribution in [2.75, 3.05) is 18.0 Å². The van der Waals surface area contributed by atoms with Crippen molar-refractivity contribution >= 4 is 33.1 Å². The predicted molar refractivity (Wildman–Crippen MR) is 115 cm³/mol.